The number of amides is 2. The first-order valence-corrected chi connectivity index (χ1v) is 5.92. The predicted molar refractivity (Wildman–Crippen MR) is 69.2 cm³/mol. The van der Waals surface area contributed by atoms with Crippen LogP contribution in [0.1, 0.15) is 5.56 Å². The summed E-state index contributed by atoms with van der Waals surface area (Å²) in [5, 5.41) is 23.5. The largest absolute Gasteiger partial charge is 0.323 e. The second-order valence-electron chi connectivity index (χ2n) is 4.16. The molecule has 0 radical (unpaired) electrons. The number of hydrogen-bond donors (Lipinski definition) is 2. The lowest BCUT2D eigenvalue weighted by molar-refractivity contribution is 0.188. The van der Waals surface area contributed by atoms with Gasteiger partial charge < -0.3 is 15.5 Å². The number of nitrogens with one attached hydrogen (secondary N) is 2. The monoisotopic (exact) mass is 255 g/mol. The summed E-state index contributed by atoms with van der Waals surface area (Å²) in [6.45, 7) is 1.66. The average Bonchev–Trinajstić information content (AvgIpc) is 2.48. The van der Waals surface area contributed by atoms with Gasteiger partial charge in [-0.05, 0) is 24.3 Å². The van der Waals surface area contributed by atoms with Gasteiger partial charge >= 0.3 is 6.03 Å². The minimum atomic E-state index is -0.452. The minimum Gasteiger partial charge on any atom is -0.312 e. The molecule has 0 spiro atoms. The number of carbonyl (C=O) groups excluding carboxylic acids is 1. The van der Waals surface area contributed by atoms with Crippen LogP contribution in [0, 0.1) is 22.7 Å². The number of urea groups is 1. The molecule has 0 saturated carbocycles. The van der Waals surface area contributed by atoms with E-state index in [1.165, 1.54) is 4.90 Å². The molecule has 1 heterocycles. The molecule has 1 fully saturated rings. The predicted octanol–water partition coefficient (Wildman–Crippen LogP) is 0.888. The van der Waals surface area contributed by atoms with Gasteiger partial charge in [-0.15, -0.1) is 0 Å². The Morgan fingerprint density at radius 2 is 2.11 bits per heavy atom. The van der Waals surface area contributed by atoms with E-state index in [1.807, 2.05) is 6.07 Å². The Kier molecular flexibility index (Phi) is 3.97. The molecule has 1 unspecified atom stereocenters. The molecular weight excluding hydrogens is 242 g/mol. The maximum absolute atomic E-state index is 12.1. The molecule has 6 heteroatoms. The Balaban J connectivity index is 2.03. The Bertz CT molecular complexity index is 540. The smallest absolute Gasteiger partial charge is 0.312 e. The molecule has 96 valence electrons. The third-order valence-electron chi connectivity index (χ3n) is 2.92. The van der Waals surface area contributed by atoms with Crippen LogP contribution in [0.2, 0.25) is 0 Å². The number of benzene rings is 1. The van der Waals surface area contributed by atoms with Crippen molar-refractivity contribution in [3.8, 4) is 12.1 Å². The van der Waals surface area contributed by atoms with Gasteiger partial charge in [0.2, 0.25) is 0 Å². The molecule has 0 aromatic heterocycles. The fourth-order valence-electron chi connectivity index (χ4n) is 1.89. The van der Waals surface area contributed by atoms with Crippen molar-refractivity contribution in [2.24, 2.45) is 0 Å². The van der Waals surface area contributed by atoms with E-state index >= 15 is 0 Å². The number of anilines is 1. The van der Waals surface area contributed by atoms with Crippen LogP contribution in [-0.2, 0) is 0 Å². The normalized spacial score (nSPS) is 18.2. The maximum atomic E-state index is 12.1. The van der Waals surface area contributed by atoms with Crippen molar-refractivity contribution in [2.75, 3.05) is 25.0 Å². The molecule has 19 heavy (non-hydrogen) atoms. The molecule has 1 saturated heterocycles. The van der Waals surface area contributed by atoms with Gasteiger partial charge in [0.05, 0.1) is 17.7 Å². The van der Waals surface area contributed by atoms with E-state index in [0.29, 0.717) is 30.9 Å². The minimum absolute atomic E-state index is 0.294. The van der Waals surface area contributed by atoms with Crippen LogP contribution in [0.4, 0.5) is 10.5 Å². The van der Waals surface area contributed by atoms with E-state index in [9.17, 15) is 4.79 Å². The average molecular weight is 255 g/mol. The van der Waals surface area contributed by atoms with Crippen molar-refractivity contribution in [1.82, 2.24) is 10.2 Å². The van der Waals surface area contributed by atoms with Gasteiger partial charge in [0, 0.05) is 25.3 Å². The van der Waals surface area contributed by atoms with Gasteiger partial charge in [-0.1, -0.05) is 0 Å². The van der Waals surface area contributed by atoms with E-state index in [4.69, 9.17) is 10.5 Å². The van der Waals surface area contributed by atoms with E-state index in [1.54, 1.807) is 24.3 Å². The van der Waals surface area contributed by atoms with E-state index in [0.717, 1.165) is 0 Å². The summed E-state index contributed by atoms with van der Waals surface area (Å²) in [6.07, 6.45) is 0. The van der Waals surface area contributed by atoms with Crippen molar-refractivity contribution in [3.05, 3.63) is 29.8 Å². The lowest BCUT2D eigenvalue weighted by Crippen LogP contribution is -2.54. The lowest BCUT2D eigenvalue weighted by atomic mass is 10.2. The number of nitriles is 2. The van der Waals surface area contributed by atoms with Crippen LogP contribution in [0.25, 0.3) is 0 Å². The number of hydrogen-bond acceptors (Lipinski definition) is 4. The number of carbonyl (C=O) groups is 1. The highest BCUT2D eigenvalue weighted by Gasteiger charge is 2.26. The lowest BCUT2D eigenvalue weighted by Gasteiger charge is -2.31. The van der Waals surface area contributed by atoms with Crippen molar-refractivity contribution < 1.29 is 4.79 Å². The molecule has 0 aliphatic carbocycles. The molecule has 0 bridgehead atoms. The van der Waals surface area contributed by atoms with Gasteiger partial charge in [-0.25, -0.2) is 4.79 Å². The van der Waals surface area contributed by atoms with Gasteiger partial charge in [-0.3, -0.25) is 0 Å². The summed E-state index contributed by atoms with van der Waals surface area (Å²) < 4.78 is 0. The zero-order valence-corrected chi connectivity index (χ0v) is 10.3. The molecule has 1 aromatic rings. The van der Waals surface area contributed by atoms with Crippen LogP contribution in [0.3, 0.4) is 0 Å². The molecule has 2 rings (SSSR count). The molecule has 1 aliphatic rings. The quantitative estimate of drug-likeness (QED) is 0.779. The summed E-state index contributed by atoms with van der Waals surface area (Å²) in [4.78, 5) is 13.6. The van der Waals surface area contributed by atoms with E-state index < -0.39 is 6.04 Å². The van der Waals surface area contributed by atoms with Crippen molar-refractivity contribution in [1.29, 1.82) is 10.5 Å². The molecule has 2 amide bonds. The first-order valence-electron chi connectivity index (χ1n) is 5.92. The maximum Gasteiger partial charge on any atom is 0.323 e. The van der Waals surface area contributed by atoms with Crippen molar-refractivity contribution in [2.45, 2.75) is 6.04 Å². The summed E-state index contributed by atoms with van der Waals surface area (Å²) in [7, 11) is 0. The Morgan fingerprint density at radius 1 is 1.37 bits per heavy atom. The molecule has 2 N–H and O–H groups in total. The fourth-order valence-corrected chi connectivity index (χ4v) is 1.89. The standard InChI is InChI=1S/C13H13N5O/c14-7-10-1-3-11(4-2-10)17-13(19)18-6-5-16-9-12(18)8-15/h1-4,12,16H,5-6,9H2,(H,17,19). The molecule has 6 nitrogen and oxygen atoms in total. The zero-order chi connectivity index (χ0) is 13.7. The number of piperazine rings is 1. The fraction of sp³-hybridized carbons (Fsp3) is 0.308. The second kappa shape index (κ2) is 5.85. The summed E-state index contributed by atoms with van der Waals surface area (Å²) in [6, 6.07) is 9.97. The summed E-state index contributed by atoms with van der Waals surface area (Å²) >= 11 is 0. The number of nitrogens with zero attached hydrogens (tertiary/aromatic N) is 3. The highest BCUT2D eigenvalue weighted by Crippen LogP contribution is 2.11. The zero-order valence-electron chi connectivity index (χ0n) is 10.3. The van der Waals surface area contributed by atoms with E-state index in [-0.39, 0.29) is 6.03 Å². The molecule has 1 aliphatic heterocycles. The summed E-state index contributed by atoms with van der Waals surface area (Å²) in [5.74, 6) is 0. The molecule has 1 atom stereocenters. The van der Waals surface area contributed by atoms with Crippen LogP contribution < -0.4 is 10.6 Å². The topological polar surface area (TPSA) is 91.9 Å². The Morgan fingerprint density at radius 3 is 2.74 bits per heavy atom. The first-order chi connectivity index (χ1) is 9.24. The van der Waals surface area contributed by atoms with Crippen molar-refractivity contribution in [3.63, 3.8) is 0 Å². The van der Waals surface area contributed by atoms with Crippen LogP contribution >= 0.6 is 0 Å². The van der Waals surface area contributed by atoms with Gasteiger partial charge in [-0.2, -0.15) is 10.5 Å². The third kappa shape index (κ3) is 3.01. The SMILES string of the molecule is N#Cc1ccc(NC(=O)N2CCNCC2C#N)cc1. The summed E-state index contributed by atoms with van der Waals surface area (Å²) in [5.41, 5.74) is 1.15. The van der Waals surface area contributed by atoms with Crippen LogP contribution in [0.5, 0.6) is 0 Å². The molecular formula is C13H13N5O. The Hall–Kier alpha value is -2.57. The number of rotatable bonds is 1. The van der Waals surface area contributed by atoms with Crippen molar-refractivity contribution >= 4 is 11.7 Å². The van der Waals surface area contributed by atoms with Crippen LogP contribution in [-0.4, -0.2) is 36.6 Å². The Labute approximate surface area is 111 Å². The first kappa shape index (κ1) is 12.9. The van der Waals surface area contributed by atoms with Gasteiger partial charge in [0.25, 0.3) is 0 Å². The van der Waals surface area contributed by atoms with Gasteiger partial charge in [0.15, 0.2) is 0 Å². The molecule has 1 aromatic carbocycles. The van der Waals surface area contributed by atoms with Gasteiger partial charge in [0.1, 0.15) is 6.04 Å². The van der Waals surface area contributed by atoms with Crippen LogP contribution in [0.15, 0.2) is 24.3 Å². The highest BCUT2D eigenvalue weighted by atomic mass is 16.2. The van der Waals surface area contributed by atoms with E-state index in [2.05, 4.69) is 16.7 Å². The highest BCUT2D eigenvalue weighted by molar-refractivity contribution is 5.89. The third-order valence-corrected chi connectivity index (χ3v) is 2.92. The second-order valence-corrected chi connectivity index (χ2v) is 4.16.